The molecule has 1 N–H and O–H groups in total. The van der Waals surface area contributed by atoms with Crippen molar-refractivity contribution < 1.29 is 9.84 Å². The zero-order valence-corrected chi connectivity index (χ0v) is 15.4. The normalized spacial score (nSPS) is 12.2. The molecule has 0 aromatic heterocycles. The van der Waals surface area contributed by atoms with E-state index >= 15 is 0 Å². The van der Waals surface area contributed by atoms with E-state index in [4.69, 9.17) is 4.74 Å². The van der Waals surface area contributed by atoms with E-state index in [1.54, 1.807) is 6.07 Å². The van der Waals surface area contributed by atoms with E-state index in [1.165, 1.54) is 0 Å². The number of phenols is 1. The van der Waals surface area contributed by atoms with E-state index in [0.29, 0.717) is 0 Å². The molecule has 0 amide bonds. The maximum atomic E-state index is 10.8. The molecule has 0 bridgehead atoms. The third-order valence-electron chi connectivity index (χ3n) is 4.87. The van der Waals surface area contributed by atoms with Crippen molar-refractivity contribution in [1.29, 1.82) is 0 Å². The minimum atomic E-state index is -0.000434. The van der Waals surface area contributed by atoms with Crippen LogP contribution in [0.2, 0.25) is 0 Å². The molecule has 0 spiro atoms. The Bertz CT molecular complexity index is 1130. The van der Waals surface area contributed by atoms with Crippen molar-refractivity contribution in [3.63, 3.8) is 0 Å². The lowest BCUT2D eigenvalue weighted by atomic mass is 9.92. The van der Waals surface area contributed by atoms with Gasteiger partial charge in [0.15, 0.2) is 0 Å². The van der Waals surface area contributed by atoms with Gasteiger partial charge in [-0.2, -0.15) is 0 Å². The number of benzene rings is 4. The largest absolute Gasteiger partial charge is 0.507 e. The Morgan fingerprint density at radius 2 is 1.44 bits per heavy atom. The molecule has 1 atom stereocenters. The van der Waals surface area contributed by atoms with Gasteiger partial charge in [0.05, 0.1) is 6.10 Å². The maximum absolute atomic E-state index is 10.8. The predicted octanol–water partition coefficient (Wildman–Crippen LogP) is 6.71. The molecule has 4 rings (SSSR count). The lowest BCUT2D eigenvalue weighted by Gasteiger charge is -2.20. The molecule has 0 aliphatic rings. The summed E-state index contributed by atoms with van der Waals surface area (Å²) in [7, 11) is 0. The average Bonchev–Trinajstić information content (AvgIpc) is 2.69. The number of phenolic OH excluding ortho intramolecular Hbond substituents is 1. The molecule has 0 aliphatic heterocycles. The van der Waals surface area contributed by atoms with Gasteiger partial charge in [-0.1, -0.05) is 66.7 Å². The van der Waals surface area contributed by atoms with Crippen LogP contribution in [0.3, 0.4) is 0 Å². The molecule has 0 heterocycles. The average molecular weight is 354 g/mol. The lowest BCUT2D eigenvalue weighted by Crippen LogP contribution is -2.11. The second-order valence-corrected chi connectivity index (χ2v) is 6.79. The lowest BCUT2D eigenvalue weighted by molar-refractivity contribution is 0.226. The van der Waals surface area contributed by atoms with E-state index in [9.17, 15) is 5.11 Å². The van der Waals surface area contributed by atoms with Crippen LogP contribution in [0.4, 0.5) is 0 Å². The maximum Gasteiger partial charge on any atom is 0.128 e. The molecule has 0 fully saturated rings. The minimum Gasteiger partial charge on any atom is -0.507 e. The highest BCUT2D eigenvalue weighted by Crippen LogP contribution is 2.45. The first-order valence-corrected chi connectivity index (χ1v) is 9.19. The quantitative estimate of drug-likeness (QED) is 0.404. The van der Waals surface area contributed by atoms with E-state index in [-0.39, 0.29) is 11.9 Å². The topological polar surface area (TPSA) is 29.5 Å². The van der Waals surface area contributed by atoms with Crippen LogP contribution >= 0.6 is 0 Å². The third kappa shape index (κ3) is 3.15. The smallest absolute Gasteiger partial charge is 0.128 e. The molecule has 0 radical (unpaired) electrons. The van der Waals surface area contributed by atoms with Crippen LogP contribution in [0.25, 0.3) is 32.7 Å². The number of aromatic hydroxyl groups is 1. The van der Waals surface area contributed by atoms with E-state index in [0.717, 1.165) is 44.8 Å². The highest BCUT2D eigenvalue weighted by atomic mass is 16.5. The van der Waals surface area contributed by atoms with Gasteiger partial charge in [-0.15, -0.1) is 6.58 Å². The number of hydrogen-bond acceptors (Lipinski definition) is 2. The fraction of sp³-hybridized carbons (Fsp3) is 0.120. The van der Waals surface area contributed by atoms with Gasteiger partial charge in [-0.05, 0) is 40.6 Å². The zero-order chi connectivity index (χ0) is 18.8. The summed E-state index contributed by atoms with van der Waals surface area (Å²) < 4.78 is 6.27. The minimum absolute atomic E-state index is 0.000434. The van der Waals surface area contributed by atoms with E-state index in [1.807, 2.05) is 55.5 Å². The SMILES string of the molecule is C=CC[C@H](C)Oc1ccc2ccccc2c1-c1c(O)ccc2ccccc12. The predicted molar refractivity (Wildman–Crippen MR) is 113 cm³/mol. The van der Waals surface area contributed by atoms with Gasteiger partial charge in [0, 0.05) is 17.5 Å². The van der Waals surface area contributed by atoms with Gasteiger partial charge in [0.1, 0.15) is 11.5 Å². The van der Waals surface area contributed by atoms with Crippen LogP contribution < -0.4 is 4.74 Å². The van der Waals surface area contributed by atoms with Gasteiger partial charge in [0.2, 0.25) is 0 Å². The molecular formula is C25H22O2. The second kappa shape index (κ2) is 7.16. The highest BCUT2D eigenvalue weighted by Gasteiger charge is 2.18. The van der Waals surface area contributed by atoms with E-state index in [2.05, 4.69) is 30.8 Å². The van der Waals surface area contributed by atoms with E-state index < -0.39 is 0 Å². The Kier molecular flexibility index (Phi) is 4.55. The molecule has 134 valence electrons. The van der Waals surface area contributed by atoms with Gasteiger partial charge in [-0.3, -0.25) is 0 Å². The molecule has 0 saturated heterocycles. The summed E-state index contributed by atoms with van der Waals surface area (Å²) in [4.78, 5) is 0. The Morgan fingerprint density at radius 3 is 2.11 bits per heavy atom. The number of rotatable bonds is 5. The monoisotopic (exact) mass is 354 g/mol. The fourth-order valence-corrected chi connectivity index (χ4v) is 3.63. The first-order chi connectivity index (χ1) is 13.2. The van der Waals surface area contributed by atoms with Gasteiger partial charge in [0.25, 0.3) is 0 Å². The molecule has 0 unspecified atom stereocenters. The van der Waals surface area contributed by atoms with Crippen molar-refractivity contribution in [3.8, 4) is 22.6 Å². The van der Waals surface area contributed by atoms with Gasteiger partial charge < -0.3 is 9.84 Å². The van der Waals surface area contributed by atoms with Crippen LogP contribution in [0.5, 0.6) is 11.5 Å². The summed E-state index contributed by atoms with van der Waals surface area (Å²) in [6.07, 6.45) is 2.62. The summed E-state index contributed by atoms with van der Waals surface area (Å²) in [5.41, 5.74) is 1.74. The van der Waals surface area contributed by atoms with Gasteiger partial charge >= 0.3 is 0 Å². The number of ether oxygens (including phenoxy) is 1. The molecule has 0 aliphatic carbocycles. The fourth-order valence-electron chi connectivity index (χ4n) is 3.63. The zero-order valence-electron chi connectivity index (χ0n) is 15.4. The number of hydrogen-bond donors (Lipinski definition) is 1. The summed E-state index contributed by atoms with van der Waals surface area (Å²) in [5.74, 6) is 1.03. The molecular weight excluding hydrogens is 332 g/mol. The molecule has 2 nitrogen and oxygen atoms in total. The summed E-state index contributed by atoms with van der Waals surface area (Å²) in [6.45, 7) is 5.84. The number of fused-ring (bicyclic) bond motifs is 2. The van der Waals surface area contributed by atoms with Crippen molar-refractivity contribution in [1.82, 2.24) is 0 Å². The Hall–Kier alpha value is -3.26. The molecule has 0 saturated carbocycles. The first kappa shape index (κ1) is 17.2. The van der Waals surface area contributed by atoms with Crippen molar-refractivity contribution in [2.45, 2.75) is 19.4 Å². The Morgan fingerprint density at radius 1 is 0.852 bits per heavy atom. The Balaban J connectivity index is 2.05. The standard InChI is InChI=1S/C25H22O2/c1-3-8-17(2)27-23-16-14-19-10-5-7-12-21(19)25(23)24-20-11-6-4-9-18(20)13-15-22(24)26/h3-7,9-17,26H,1,8H2,2H3/t17-/m0/s1. The summed E-state index contributed by atoms with van der Waals surface area (Å²) in [5, 5.41) is 15.1. The van der Waals surface area contributed by atoms with Crippen LogP contribution in [0.15, 0.2) is 85.5 Å². The molecule has 4 aromatic rings. The van der Waals surface area contributed by atoms with Crippen molar-refractivity contribution >= 4 is 21.5 Å². The first-order valence-electron chi connectivity index (χ1n) is 9.19. The van der Waals surface area contributed by atoms with Crippen LogP contribution in [0.1, 0.15) is 13.3 Å². The van der Waals surface area contributed by atoms with Crippen molar-refractivity contribution in [2.75, 3.05) is 0 Å². The summed E-state index contributed by atoms with van der Waals surface area (Å²) in [6, 6.07) is 24.1. The van der Waals surface area contributed by atoms with Crippen LogP contribution in [0, 0.1) is 0 Å². The Labute approximate surface area is 159 Å². The highest BCUT2D eigenvalue weighted by molar-refractivity contribution is 6.09. The van der Waals surface area contributed by atoms with Crippen molar-refractivity contribution in [3.05, 3.63) is 85.5 Å². The van der Waals surface area contributed by atoms with Gasteiger partial charge in [-0.25, -0.2) is 0 Å². The van der Waals surface area contributed by atoms with Crippen molar-refractivity contribution in [2.24, 2.45) is 0 Å². The molecule has 4 aromatic carbocycles. The third-order valence-corrected chi connectivity index (χ3v) is 4.87. The van der Waals surface area contributed by atoms with Crippen LogP contribution in [-0.4, -0.2) is 11.2 Å². The molecule has 2 heteroatoms. The van der Waals surface area contributed by atoms with Crippen LogP contribution in [-0.2, 0) is 0 Å². The second-order valence-electron chi connectivity index (χ2n) is 6.79. The summed E-state index contributed by atoms with van der Waals surface area (Å²) >= 11 is 0. The molecule has 27 heavy (non-hydrogen) atoms.